The van der Waals surface area contributed by atoms with Crippen molar-refractivity contribution < 1.29 is 0 Å². The van der Waals surface area contributed by atoms with Crippen LogP contribution in [0.3, 0.4) is 0 Å². The molecule has 7 heteroatoms. The molecule has 0 aliphatic carbocycles. The Hall–Kier alpha value is -0.660. The maximum absolute atomic E-state index is 4.32. The quantitative estimate of drug-likeness (QED) is 0.819. The van der Waals surface area contributed by atoms with E-state index in [9.17, 15) is 0 Å². The van der Waals surface area contributed by atoms with Gasteiger partial charge >= 0.3 is 0 Å². The molecule has 0 aliphatic heterocycles. The van der Waals surface area contributed by atoms with Gasteiger partial charge in [-0.2, -0.15) is 0 Å². The van der Waals surface area contributed by atoms with E-state index < -0.39 is 0 Å². The number of rotatable bonds is 6. The summed E-state index contributed by atoms with van der Waals surface area (Å²) in [4.78, 5) is 5.58. The molecule has 0 amide bonds. The summed E-state index contributed by atoms with van der Waals surface area (Å²) < 4.78 is 1.01. The molecule has 0 aromatic carbocycles. The first-order valence-corrected chi connectivity index (χ1v) is 7.64. The van der Waals surface area contributed by atoms with Crippen LogP contribution in [0.25, 0.3) is 0 Å². The van der Waals surface area contributed by atoms with Gasteiger partial charge in [0.1, 0.15) is 5.51 Å². The van der Waals surface area contributed by atoms with Crippen LogP contribution in [-0.4, -0.2) is 21.7 Å². The third-order valence-corrected chi connectivity index (χ3v) is 4.80. The summed E-state index contributed by atoms with van der Waals surface area (Å²) in [5, 5.41) is 12.1. The lowest BCUT2D eigenvalue weighted by molar-refractivity contribution is 0.976. The van der Waals surface area contributed by atoms with E-state index in [2.05, 4.69) is 27.4 Å². The molecular weight excluding hydrogens is 260 g/mol. The molecule has 86 valence electrons. The second-order valence-electron chi connectivity index (χ2n) is 3.05. The van der Waals surface area contributed by atoms with Gasteiger partial charge in [-0.15, -0.1) is 21.5 Å². The van der Waals surface area contributed by atoms with E-state index in [-0.39, 0.29) is 0 Å². The summed E-state index contributed by atoms with van der Waals surface area (Å²) in [7, 11) is 0. The summed E-state index contributed by atoms with van der Waals surface area (Å²) in [6.45, 7) is 3.13. The molecule has 0 fully saturated rings. The first kappa shape index (κ1) is 11.8. The Morgan fingerprint density at radius 1 is 1.50 bits per heavy atom. The van der Waals surface area contributed by atoms with Crippen molar-refractivity contribution >= 4 is 39.6 Å². The van der Waals surface area contributed by atoms with Crippen LogP contribution in [0.5, 0.6) is 0 Å². The van der Waals surface area contributed by atoms with E-state index >= 15 is 0 Å². The fourth-order valence-electron chi connectivity index (χ4n) is 1.05. The number of hydrogen-bond donors (Lipinski definition) is 1. The van der Waals surface area contributed by atoms with E-state index in [4.69, 9.17) is 0 Å². The van der Waals surface area contributed by atoms with E-state index in [1.807, 2.05) is 6.20 Å². The summed E-state index contributed by atoms with van der Waals surface area (Å²) in [5.41, 5.74) is 1.75. The molecule has 0 radical (unpaired) electrons. The fraction of sp³-hybridized carbons (Fsp3) is 0.444. The largest absolute Gasteiger partial charge is 0.362 e. The highest BCUT2D eigenvalue weighted by Crippen LogP contribution is 2.27. The maximum atomic E-state index is 4.32. The molecular formula is C9H12N4S3. The van der Waals surface area contributed by atoms with Gasteiger partial charge in [0.2, 0.25) is 0 Å². The molecule has 2 rings (SSSR count). The summed E-state index contributed by atoms with van der Waals surface area (Å²) in [5.74, 6) is 0.917. The lowest BCUT2D eigenvalue weighted by Crippen LogP contribution is -1.97. The van der Waals surface area contributed by atoms with Crippen LogP contribution in [0.2, 0.25) is 0 Å². The lowest BCUT2D eigenvalue weighted by Gasteiger charge is -1.96. The molecule has 0 unspecified atom stereocenters. The third-order valence-electron chi connectivity index (χ3n) is 1.76. The van der Waals surface area contributed by atoms with Gasteiger partial charge in [-0.1, -0.05) is 30.0 Å². The zero-order chi connectivity index (χ0) is 11.2. The molecule has 0 aliphatic rings. The van der Waals surface area contributed by atoms with Crippen molar-refractivity contribution in [2.45, 2.75) is 23.4 Å². The fourth-order valence-corrected chi connectivity index (χ4v) is 3.39. The van der Waals surface area contributed by atoms with Crippen molar-refractivity contribution in [1.29, 1.82) is 0 Å². The van der Waals surface area contributed by atoms with Gasteiger partial charge in [0, 0.05) is 23.4 Å². The Bertz CT molecular complexity index is 412. The van der Waals surface area contributed by atoms with Crippen LogP contribution in [-0.2, 0) is 5.75 Å². The van der Waals surface area contributed by atoms with Crippen LogP contribution in [0, 0.1) is 0 Å². The maximum Gasteiger partial charge on any atom is 0.182 e. The molecule has 0 saturated heterocycles. The Balaban J connectivity index is 1.83. The van der Waals surface area contributed by atoms with Crippen molar-refractivity contribution in [3.8, 4) is 0 Å². The zero-order valence-corrected chi connectivity index (χ0v) is 11.3. The minimum atomic E-state index is 0.917. The average Bonchev–Trinajstić information content (AvgIpc) is 2.95. The van der Waals surface area contributed by atoms with Gasteiger partial charge in [0.05, 0.1) is 0 Å². The average molecular weight is 272 g/mol. The normalized spacial score (nSPS) is 10.6. The number of hydrogen-bond acceptors (Lipinski definition) is 7. The highest BCUT2D eigenvalue weighted by atomic mass is 32.2. The molecule has 2 heterocycles. The number of anilines is 1. The van der Waals surface area contributed by atoms with Gasteiger partial charge in [-0.05, 0) is 6.42 Å². The highest BCUT2D eigenvalue weighted by Gasteiger charge is 2.03. The van der Waals surface area contributed by atoms with E-state index in [1.54, 1.807) is 39.9 Å². The lowest BCUT2D eigenvalue weighted by atomic mass is 10.5. The van der Waals surface area contributed by atoms with Crippen LogP contribution in [0.1, 0.15) is 18.2 Å². The monoisotopic (exact) mass is 272 g/mol. The van der Waals surface area contributed by atoms with Crippen molar-refractivity contribution in [3.63, 3.8) is 0 Å². The first-order chi connectivity index (χ1) is 7.88. The molecule has 0 bridgehead atoms. The van der Waals surface area contributed by atoms with Gasteiger partial charge in [-0.25, -0.2) is 4.98 Å². The molecule has 2 aromatic rings. The molecule has 1 N–H and O–H groups in total. The molecule has 0 spiro atoms. The van der Waals surface area contributed by atoms with E-state index in [1.165, 1.54) is 4.88 Å². The SMILES string of the molecule is CCCNc1ncc(CSc2nncs2)s1. The topological polar surface area (TPSA) is 50.7 Å². The van der Waals surface area contributed by atoms with Crippen LogP contribution in [0.4, 0.5) is 5.13 Å². The van der Waals surface area contributed by atoms with Crippen LogP contribution in [0.15, 0.2) is 16.0 Å². The Morgan fingerprint density at radius 2 is 2.44 bits per heavy atom. The number of nitrogens with one attached hydrogen (secondary N) is 1. The number of thioether (sulfide) groups is 1. The summed E-state index contributed by atoms with van der Waals surface area (Å²) in [6.07, 6.45) is 3.05. The number of nitrogens with zero attached hydrogens (tertiary/aromatic N) is 3. The summed E-state index contributed by atoms with van der Waals surface area (Å²) >= 11 is 4.99. The zero-order valence-electron chi connectivity index (χ0n) is 8.84. The molecule has 0 saturated carbocycles. The standard InChI is InChI=1S/C9H12N4S3/c1-2-3-10-8-11-4-7(16-8)5-14-9-13-12-6-15-9/h4,6H,2-3,5H2,1H3,(H,10,11). The third kappa shape index (κ3) is 3.43. The Morgan fingerprint density at radius 3 is 3.19 bits per heavy atom. The van der Waals surface area contributed by atoms with Gasteiger partial charge in [0.15, 0.2) is 9.47 Å². The van der Waals surface area contributed by atoms with Crippen molar-refractivity contribution in [2.75, 3.05) is 11.9 Å². The van der Waals surface area contributed by atoms with E-state index in [0.717, 1.165) is 28.2 Å². The van der Waals surface area contributed by atoms with Crippen LogP contribution < -0.4 is 5.32 Å². The Labute approximate surface area is 107 Å². The number of aromatic nitrogens is 3. The van der Waals surface area contributed by atoms with Crippen LogP contribution >= 0.6 is 34.4 Å². The highest BCUT2D eigenvalue weighted by molar-refractivity contribution is 8.00. The first-order valence-electron chi connectivity index (χ1n) is 4.96. The predicted octanol–water partition coefficient (Wildman–Crippen LogP) is 3.11. The smallest absolute Gasteiger partial charge is 0.182 e. The van der Waals surface area contributed by atoms with Gasteiger partial charge in [0.25, 0.3) is 0 Å². The minimum absolute atomic E-state index is 0.917. The second-order valence-corrected chi connectivity index (χ2v) is 6.22. The minimum Gasteiger partial charge on any atom is -0.362 e. The van der Waals surface area contributed by atoms with Crippen molar-refractivity contribution in [1.82, 2.24) is 15.2 Å². The van der Waals surface area contributed by atoms with Crippen molar-refractivity contribution in [3.05, 3.63) is 16.6 Å². The van der Waals surface area contributed by atoms with Gasteiger partial charge < -0.3 is 5.32 Å². The molecule has 0 atom stereocenters. The second kappa shape index (κ2) is 6.17. The summed E-state index contributed by atoms with van der Waals surface area (Å²) in [6, 6.07) is 0. The molecule has 2 aromatic heterocycles. The predicted molar refractivity (Wildman–Crippen MR) is 70.4 cm³/mol. The molecule has 16 heavy (non-hydrogen) atoms. The van der Waals surface area contributed by atoms with Gasteiger partial charge in [-0.3, -0.25) is 0 Å². The number of thiazole rings is 1. The van der Waals surface area contributed by atoms with Crippen molar-refractivity contribution in [2.24, 2.45) is 0 Å². The molecule has 4 nitrogen and oxygen atoms in total. The van der Waals surface area contributed by atoms with E-state index in [0.29, 0.717) is 0 Å². The Kier molecular flexibility index (Phi) is 4.55.